The molecule has 13 nitrogen and oxygen atoms in total. The van der Waals surface area contributed by atoms with E-state index in [1.807, 2.05) is 255 Å². The first-order valence-corrected chi connectivity index (χ1v) is 47.4. The zero-order valence-corrected chi connectivity index (χ0v) is 56.8. The monoisotopic (exact) mass is 1310 g/mol. The summed E-state index contributed by atoms with van der Waals surface area (Å²) in [6.45, 7) is 4.18. The highest BCUT2D eigenvalue weighted by molar-refractivity contribution is 7.19. The van der Waals surface area contributed by atoms with E-state index in [0.29, 0.717) is 31.1 Å². The summed E-state index contributed by atoms with van der Waals surface area (Å²) in [6, 6.07) is 98.3. The fourth-order valence-corrected chi connectivity index (χ4v) is 80.1. The number of hydrogen-bond donors (Lipinski definition) is 0. The standard InChI is InChI=1S/C64H56O13Si10/c1-2-54-48-50-64(51-49-54)85-70-81(58-36-18-6-19-37-58)53-80(57-34-16-5-17-35-57)65-78(55-30-12-3-13-31-55)52-79(66-81,56-32-14-4-15-33-56)68-83(60-40-22-8-23-41-60)71-82(67-78,59-38-20-7-21-39-59)73-86(62-44-26-10-27-45-62,75-84(69-80,72-85)61-42-24-9-25-43-61)77-87(74-83,76-85)63-46-28-11-29-47-63/h2-51H,1,52-53H2. The highest BCUT2D eigenvalue weighted by Gasteiger charge is 2.85. The third-order valence-electron chi connectivity index (χ3n) is 16.7. The third-order valence-corrected chi connectivity index (χ3v) is 65.1. The van der Waals surface area contributed by atoms with Crippen LogP contribution in [-0.4, -0.2) is 87.1 Å². The fraction of sp³-hybridized carbons (Fsp3) is 0.0312. The van der Waals surface area contributed by atoms with Crippen molar-refractivity contribution in [2.45, 2.75) is 11.3 Å². The van der Waals surface area contributed by atoms with E-state index in [1.165, 1.54) is 0 Å². The number of hydrogen-bond acceptors (Lipinski definition) is 13. The van der Waals surface area contributed by atoms with Gasteiger partial charge in [0.1, 0.15) is 0 Å². The SMILES string of the molecule is C=Cc1ccc([Si]23O[Si]4(c5ccccc5)C[Si]5(c6ccccc6)O[Si]6(c7ccccc7)C[Si](c7ccccc7)(O4)O[Si]4(c7ccccc7)O[Si](c7ccccc7)(O6)O[Si](c6ccccc6)(O[Si](c6ccccc6)(O5)O2)O[Si](c2ccccc2)(O4)O3)cc1. The molecule has 5 aliphatic heterocycles. The van der Waals surface area contributed by atoms with Crippen molar-refractivity contribution in [1.82, 2.24) is 0 Å². The lowest BCUT2D eigenvalue weighted by atomic mass is 10.2. The maximum Gasteiger partial charge on any atom is 0.515 e. The number of rotatable bonds is 11. The Morgan fingerprint density at radius 2 is 0.368 bits per heavy atom. The summed E-state index contributed by atoms with van der Waals surface area (Å²) in [7, 11) is -48.4. The molecule has 0 aliphatic carbocycles. The molecular formula is C64H56O13Si10. The second-order valence-electron chi connectivity index (χ2n) is 22.1. The second kappa shape index (κ2) is 21.4. The molecule has 10 aromatic rings. The lowest BCUT2D eigenvalue weighted by molar-refractivity contribution is 0.0427. The Morgan fingerprint density at radius 1 is 0.195 bits per heavy atom. The molecule has 5 aliphatic rings. The Bertz CT molecular complexity index is 3770. The predicted molar refractivity (Wildman–Crippen MR) is 352 cm³/mol. The van der Waals surface area contributed by atoms with Gasteiger partial charge in [0.15, 0.2) is 0 Å². The summed E-state index contributed by atoms with van der Waals surface area (Å²) >= 11 is 0. The van der Waals surface area contributed by atoms with Crippen molar-refractivity contribution >= 4 is 145 Å². The van der Waals surface area contributed by atoms with Gasteiger partial charge in [0.2, 0.25) is 0 Å². The van der Waals surface area contributed by atoms with Crippen LogP contribution in [0.2, 0.25) is 11.3 Å². The molecule has 10 atom stereocenters. The normalized spacial score (nSPS) is 33.1. The quantitative estimate of drug-likeness (QED) is 0.152. The first-order chi connectivity index (χ1) is 42.6. The van der Waals surface area contributed by atoms with Crippen molar-refractivity contribution in [2.24, 2.45) is 0 Å². The van der Waals surface area contributed by atoms with Gasteiger partial charge in [0.25, 0.3) is 0 Å². The van der Waals surface area contributed by atoms with Crippen molar-refractivity contribution in [3.8, 4) is 0 Å². The topological polar surface area (TPSA) is 120 Å². The molecule has 0 amide bonds. The molecule has 5 heterocycles. The minimum absolute atomic E-state index is 0.0596. The summed E-state index contributed by atoms with van der Waals surface area (Å²) < 4.78 is 113. The van der Waals surface area contributed by atoms with Crippen LogP contribution in [0, 0.1) is 0 Å². The molecule has 0 N–H and O–H groups in total. The summed E-state index contributed by atoms with van der Waals surface area (Å²) in [4.78, 5) is 0. The van der Waals surface area contributed by atoms with Crippen LogP contribution in [-0.2, 0) is 53.5 Å². The molecule has 87 heavy (non-hydrogen) atoms. The molecule has 5 saturated heterocycles. The van der Waals surface area contributed by atoms with Crippen molar-refractivity contribution in [1.29, 1.82) is 0 Å². The summed E-state index contributed by atoms with van der Waals surface area (Å²) in [5, 5.41) is 6.53. The van der Waals surface area contributed by atoms with Crippen LogP contribution in [0.15, 0.2) is 304 Å². The zero-order valence-electron chi connectivity index (χ0n) is 46.8. The molecule has 10 aromatic carbocycles. The summed E-state index contributed by atoms with van der Waals surface area (Å²) in [6.07, 6.45) is 1.81. The first-order valence-electron chi connectivity index (χ1n) is 28.9. The molecule has 0 spiro atoms. The van der Waals surface area contributed by atoms with Crippen molar-refractivity contribution in [3.05, 3.63) is 309 Å². The van der Waals surface area contributed by atoms with E-state index >= 15 is 0 Å². The average molecular weight is 1310 g/mol. The molecule has 430 valence electrons. The Hall–Kier alpha value is -6.41. The lowest BCUT2D eigenvalue weighted by Crippen LogP contribution is -2.95. The highest BCUT2D eigenvalue weighted by atomic mass is 28.6. The van der Waals surface area contributed by atoms with Gasteiger partial charge in [-0.1, -0.05) is 310 Å². The van der Waals surface area contributed by atoms with Gasteiger partial charge in [-0.15, -0.1) is 0 Å². The largest absolute Gasteiger partial charge is 0.515 e. The molecule has 0 radical (unpaired) electrons. The lowest BCUT2D eigenvalue weighted by Gasteiger charge is -2.63. The smallest absolute Gasteiger partial charge is 0.409 e. The Kier molecular flexibility index (Phi) is 13.7. The van der Waals surface area contributed by atoms with Gasteiger partial charge in [0.05, 0.1) is 0 Å². The van der Waals surface area contributed by atoms with Gasteiger partial charge in [-0.25, -0.2) is 0 Å². The van der Waals surface area contributed by atoms with E-state index in [1.54, 1.807) is 0 Å². The minimum Gasteiger partial charge on any atom is -0.409 e. The number of benzene rings is 10. The van der Waals surface area contributed by atoms with Crippen LogP contribution >= 0.6 is 0 Å². The van der Waals surface area contributed by atoms with Gasteiger partial charge in [-0.3, -0.25) is 0 Å². The Balaban J connectivity index is 1.19. The van der Waals surface area contributed by atoms with E-state index in [4.69, 9.17) is 53.5 Å². The fourth-order valence-electron chi connectivity index (χ4n) is 12.7. The summed E-state index contributed by atoms with van der Waals surface area (Å²) in [5.41, 5.74) is 0.984. The maximum atomic E-state index is 8.92. The highest BCUT2D eigenvalue weighted by Crippen LogP contribution is 2.51. The maximum absolute atomic E-state index is 8.92. The second-order valence-corrected chi connectivity index (χ2v) is 54.1. The average Bonchev–Trinajstić information content (AvgIpc) is 0.681. The van der Waals surface area contributed by atoms with E-state index in [0.717, 1.165) is 26.3 Å². The van der Waals surface area contributed by atoms with E-state index < -0.39 is 87.1 Å². The zero-order chi connectivity index (χ0) is 58.3. The third kappa shape index (κ3) is 9.25. The Morgan fingerprint density at radius 3 is 0.563 bits per heavy atom. The van der Waals surface area contributed by atoms with Crippen LogP contribution in [0.1, 0.15) is 5.56 Å². The van der Waals surface area contributed by atoms with Crippen LogP contribution in [0.3, 0.4) is 0 Å². The van der Waals surface area contributed by atoms with Crippen molar-refractivity contribution < 1.29 is 53.5 Å². The molecule has 15 rings (SSSR count). The molecule has 0 saturated carbocycles. The molecule has 5 fully saturated rings. The van der Waals surface area contributed by atoms with Crippen LogP contribution < -0.4 is 51.9 Å². The van der Waals surface area contributed by atoms with Crippen LogP contribution in [0.5, 0.6) is 0 Å². The van der Waals surface area contributed by atoms with Crippen molar-refractivity contribution in [2.75, 3.05) is 0 Å². The van der Waals surface area contributed by atoms with Gasteiger partial charge in [0, 0.05) is 42.5 Å². The number of fused-ring (bicyclic) bond motifs is 10. The predicted octanol–water partition coefficient (Wildman–Crippen LogP) is 5.48. The van der Waals surface area contributed by atoms with Gasteiger partial charge in [-0.05, 0) is 26.3 Å². The summed E-state index contributed by atoms with van der Waals surface area (Å²) in [5.74, 6) is 0. The van der Waals surface area contributed by atoms with E-state index in [-0.39, 0.29) is 11.3 Å². The van der Waals surface area contributed by atoms with Gasteiger partial charge >= 0.3 is 87.1 Å². The Labute approximate surface area is 515 Å². The molecule has 10 bridgehead atoms. The first kappa shape index (κ1) is 55.9. The molecule has 10 unspecified atom stereocenters. The van der Waals surface area contributed by atoms with Gasteiger partial charge < -0.3 is 53.5 Å². The minimum atomic E-state index is -5.09. The van der Waals surface area contributed by atoms with Crippen LogP contribution in [0.4, 0.5) is 0 Å². The van der Waals surface area contributed by atoms with Crippen molar-refractivity contribution in [3.63, 3.8) is 0 Å². The van der Waals surface area contributed by atoms with E-state index in [2.05, 4.69) is 55.1 Å². The van der Waals surface area contributed by atoms with Crippen LogP contribution in [0.25, 0.3) is 6.08 Å². The van der Waals surface area contributed by atoms with E-state index in [9.17, 15) is 0 Å². The molecule has 23 heteroatoms. The molecular weight excluding hydrogens is 1260 g/mol. The molecule has 0 aromatic heterocycles. The van der Waals surface area contributed by atoms with Gasteiger partial charge in [-0.2, -0.15) is 0 Å².